The van der Waals surface area contributed by atoms with Crippen LogP contribution in [-0.2, 0) is 10.0 Å². The first kappa shape index (κ1) is 23.7. The van der Waals surface area contributed by atoms with Crippen molar-refractivity contribution >= 4 is 21.6 Å². The third-order valence-electron chi connectivity index (χ3n) is 6.30. The molecule has 7 nitrogen and oxygen atoms in total. The van der Waals surface area contributed by atoms with E-state index in [1.807, 2.05) is 6.92 Å². The summed E-state index contributed by atoms with van der Waals surface area (Å²) in [4.78, 5) is 17.7. The Kier molecular flexibility index (Phi) is 7.36. The SMILES string of the molecule is Cc1cccc(N2CCN(CCC(C)NC(=O)c3cccc(S(=O)(=O)NC4CC4)c3)CC2)c1. The molecule has 4 rings (SSSR count). The molecule has 33 heavy (non-hydrogen) atoms. The van der Waals surface area contributed by atoms with Crippen LogP contribution in [0.3, 0.4) is 0 Å². The fourth-order valence-corrected chi connectivity index (χ4v) is 5.45. The molecule has 1 amide bonds. The van der Waals surface area contributed by atoms with Crippen LogP contribution >= 0.6 is 0 Å². The topological polar surface area (TPSA) is 81.8 Å². The number of benzene rings is 2. The first-order valence-electron chi connectivity index (χ1n) is 11.8. The fourth-order valence-electron chi connectivity index (χ4n) is 4.10. The minimum Gasteiger partial charge on any atom is -0.369 e. The molecule has 2 aliphatic rings. The largest absolute Gasteiger partial charge is 0.369 e. The highest BCUT2D eigenvalue weighted by Gasteiger charge is 2.28. The van der Waals surface area contributed by atoms with Crippen molar-refractivity contribution in [1.29, 1.82) is 0 Å². The summed E-state index contributed by atoms with van der Waals surface area (Å²) in [6, 6.07) is 14.9. The first-order chi connectivity index (χ1) is 15.8. The van der Waals surface area contributed by atoms with Crippen LogP contribution in [0.2, 0.25) is 0 Å². The van der Waals surface area contributed by atoms with Crippen molar-refractivity contribution in [3.63, 3.8) is 0 Å². The third kappa shape index (κ3) is 6.56. The standard InChI is InChI=1S/C25H34N4O3S/c1-19-5-3-7-23(17-19)29-15-13-28(14-16-29)12-11-20(2)26-25(30)21-6-4-8-24(18-21)33(31,32)27-22-9-10-22/h3-8,17-18,20,22,27H,9-16H2,1-2H3,(H,26,30). The van der Waals surface area contributed by atoms with Crippen LogP contribution in [0.5, 0.6) is 0 Å². The van der Waals surface area contributed by atoms with Crippen molar-refractivity contribution in [3.8, 4) is 0 Å². The van der Waals surface area contributed by atoms with E-state index in [0.29, 0.717) is 5.56 Å². The smallest absolute Gasteiger partial charge is 0.251 e. The summed E-state index contributed by atoms with van der Waals surface area (Å²) in [7, 11) is -3.57. The number of hydrogen-bond acceptors (Lipinski definition) is 5. The third-order valence-corrected chi connectivity index (χ3v) is 7.82. The highest BCUT2D eigenvalue weighted by Crippen LogP contribution is 2.22. The lowest BCUT2D eigenvalue weighted by molar-refractivity contribution is 0.0935. The lowest BCUT2D eigenvalue weighted by Crippen LogP contribution is -2.47. The molecule has 8 heteroatoms. The Morgan fingerprint density at radius 1 is 1.06 bits per heavy atom. The normalized spacial score (nSPS) is 18.2. The molecular weight excluding hydrogens is 436 g/mol. The van der Waals surface area contributed by atoms with Gasteiger partial charge in [-0.2, -0.15) is 0 Å². The molecule has 0 bridgehead atoms. The lowest BCUT2D eigenvalue weighted by Gasteiger charge is -2.36. The molecule has 2 aromatic rings. The van der Waals surface area contributed by atoms with Crippen molar-refractivity contribution in [3.05, 3.63) is 59.7 Å². The van der Waals surface area contributed by atoms with Crippen LogP contribution in [0.4, 0.5) is 5.69 Å². The Hall–Kier alpha value is -2.42. The van der Waals surface area contributed by atoms with Crippen LogP contribution in [0.15, 0.2) is 53.4 Å². The Morgan fingerprint density at radius 3 is 2.48 bits per heavy atom. The number of carbonyl (C=O) groups excluding carboxylic acids is 1. The lowest BCUT2D eigenvalue weighted by atomic mass is 10.1. The van der Waals surface area contributed by atoms with E-state index >= 15 is 0 Å². The average molecular weight is 471 g/mol. The van der Waals surface area contributed by atoms with Gasteiger partial charge < -0.3 is 10.2 Å². The zero-order chi connectivity index (χ0) is 23.4. The summed E-state index contributed by atoms with van der Waals surface area (Å²) in [6.45, 7) is 9.04. The number of sulfonamides is 1. The van der Waals surface area contributed by atoms with Crippen molar-refractivity contribution in [2.75, 3.05) is 37.6 Å². The van der Waals surface area contributed by atoms with Gasteiger partial charge in [-0.25, -0.2) is 13.1 Å². The number of piperazine rings is 1. The van der Waals surface area contributed by atoms with E-state index in [2.05, 4.69) is 51.0 Å². The van der Waals surface area contributed by atoms with Crippen molar-refractivity contribution in [2.24, 2.45) is 0 Å². The van der Waals surface area contributed by atoms with E-state index in [-0.39, 0.29) is 22.9 Å². The maximum Gasteiger partial charge on any atom is 0.251 e. The average Bonchev–Trinajstić information content (AvgIpc) is 3.61. The molecule has 0 aromatic heterocycles. The van der Waals surface area contributed by atoms with Crippen molar-refractivity contribution in [2.45, 2.75) is 50.1 Å². The molecule has 2 fully saturated rings. The summed E-state index contributed by atoms with van der Waals surface area (Å²) in [5.74, 6) is -0.241. The Bertz CT molecular complexity index is 1080. The van der Waals surface area contributed by atoms with Gasteiger partial charge in [0.05, 0.1) is 4.90 Å². The van der Waals surface area contributed by atoms with E-state index in [1.54, 1.807) is 12.1 Å². The van der Waals surface area contributed by atoms with Gasteiger partial charge in [-0.1, -0.05) is 18.2 Å². The number of hydrogen-bond donors (Lipinski definition) is 2. The van der Waals surface area contributed by atoms with E-state index in [0.717, 1.165) is 52.0 Å². The second kappa shape index (κ2) is 10.2. The predicted octanol–water partition coefficient (Wildman–Crippen LogP) is 2.77. The number of carbonyl (C=O) groups is 1. The molecule has 1 atom stereocenters. The van der Waals surface area contributed by atoms with Crippen LogP contribution in [0.1, 0.15) is 42.1 Å². The summed E-state index contributed by atoms with van der Waals surface area (Å²) in [5.41, 5.74) is 2.93. The van der Waals surface area contributed by atoms with Crippen LogP contribution in [0.25, 0.3) is 0 Å². The number of amides is 1. The fraction of sp³-hybridized carbons (Fsp3) is 0.480. The number of nitrogens with one attached hydrogen (secondary N) is 2. The van der Waals surface area contributed by atoms with E-state index in [9.17, 15) is 13.2 Å². The predicted molar refractivity (Wildman–Crippen MR) is 131 cm³/mol. The quantitative estimate of drug-likeness (QED) is 0.589. The number of rotatable bonds is 9. The van der Waals surface area contributed by atoms with Crippen LogP contribution in [-0.4, -0.2) is 64.0 Å². The first-order valence-corrected chi connectivity index (χ1v) is 13.3. The van der Waals surface area contributed by atoms with Crippen LogP contribution in [0, 0.1) is 6.92 Å². The molecule has 1 aliphatic carbocycles. The molecule has 178 valence electrons. The van der Waals surface area contributed by atoms with Crippen LogP contribution < -0.4 is 14.9 Å². The number of nitrogens with zero attached hydrogens (tertiary/aromatic N) is 2. The molecule has 2 aromatic carbocycles. The summed E-state index contributed by atoms with van der Waals surface area (Å²) in [5, 5.41) is 3.02. The van der Waals surface area contributed by atoms with Gasteiger partial charge in [-0.3, -0.25) is 9.69 Å². The molecule has 1 heterocycles. The Labute approximate surface area is 197 Å². The Morgan fingerprint density at radius 2 is 1.79 bits per heavy atom. The molecule has 1 aliphatic heterocycles. The molecule has 2 N–H and O–H groups in total. The maximum absolute atomic E-state index is 12.7. The van der Waals surface area contributed by atoms with E-state index in [1.165, 1.54) is 23.4 Å². The minimum atomic E-state index is -3.57. The Balaban J connectivity index is 1.23. The van der Waals surface area contributed by atoms with E-state index < -0.39 is 10.0 Å². The van der Waals surface area contributed by atoms with Crippen molar-refractivity contribution < 1.29 is 13.2 Å². The highest BCUT2D eigenvalue weighted by atomic mass is 32.2. The molecule has 1 saturated carbocycles. The molecular formula is C25H34N4O3S. The summed E-state index contributed by atoms with van der Waals surface area (Å²) in [6.07, 6.45) is 2.59. The molecule has 0 radical (unpaired) electrons. The summed E-state index contributed by atoms with van der Waals surface area (Å²) >= 11 is 0. The number of aryl methyl sites for hydroxylation is 1. The van der Waals surface area contributed by atoms with Gasteiger partial charge in [-0.15, -0.1) is 0 Å². The highest BCUT2D eigenvalue weighted by molar-refractivity contribution is 7.89. The van der Waals surface area contributed by atoms with E-state index in [4.69, 9.17) is 0 Å². The number of anilines is 1. The molecule has 0 spiro atoms. The molecule has 1 saturated heterocycles. The van der Waals surface area contributed by atoms with Gasteiger partial charge >= 0.3 is 0 Å². The molecule has 1 unspecified atom stereocenters. The van der Waals surface area contributed by atoms with Gasteiger partial charge in [-0.05, 0) is 69.0 Å². The van der Waals surface area contributed by atoms with Gasteiger partial charge in [0.25, 0.3) is 5.91 Å². The van der Waals surface area contributed by atoms with Crippen molar-refractivity contribution in [1.82, 2.24) is 14.9 Å². The zero-order valence-electron chi connectivity index (χ0n) is 19.5. The minimum absolute atomic E-state index is 0.00263. The zero-order valence-corrected chi connectivity index (χ0v) is 20.3. The van der Waals surface area contributed by atoms with Gasteiger partial charge in [0, 0.05) is 56.1 Å². The monoisotopic (exact) mass is 470 g/mol. The second-order valence-electron chi connectivity index (χ2n) is 9.25. The van der Waals surface area contributed by atoms with Gasteiger partial charge in [0.15, 0.2) is 0 Å². The second-order valence-corrected chi connectivity index (χ2v) is 11.0. The van der Waals surface area contributed by atoms with Gasteiger partial charge in [0.1, 0.15) is 0 Å². The maximum atomic E-state index is 12.7. The van der Waals surface area contributed by atoms with Gasteiger partial charge in [0.2, 0.25) is 10.0 Å². The summed E-state index contributed by atoms with van der Waals surface area (Å²) < 4.78 is 27.5.